The van der Waals surface area contributed by atoms with Gasteiger partial charge in [0.05, 0.1) is 12.0 Å². The summed E-state index contributed by atoms with van der Waals surface area (Å²) in [5, 5.41) is 0. The number of esters is 1. The molecule has 7 heteroatoms. The number of unbranched alkanes of at least 4 members (excludes halogenated alkanes) is 1. The molecule has 140 valence electrons. The second-order valence-electron chi connectivity index (χ2n) is 5.68. The molecule has 0 aliphatic carbocycles. The molecule has 0 radical (unpaired) electrons. The summed E-state index contributed by atoms with van der Waals surface area (Å²) in [4.78, 5) is 11.4. The first kappa shape index (κ1) is 19.9. The van der Waals surface area contributed by atoms with Crippen molar-refractivity contribution in [3.05, 3.63) is 60.2 Å². The maximum atomic E-state index is 12.1. The molecule has 0 saturated heterocycles. The van der Waals surface area contributed by atoms with Crippen molar-refractivity contribution in [3.63, 3.8) is 0 Å². The summed E-state index contributed by atoms with van der Waals surface area (Å²) in [6.45, 7) is 0.261. The summed E-state index contributed by atoms with van der Waals surface area (Å²) in [5.74, 6) is 0.179. The summed E-state index contributed by atoms with van der Waals surface area (Å²) in [5.41, 5.74) is 1.07. The summed E-state index contributed by atoms with van der Waals surface area (Å²) in [6.07, 6.45) is 2.35. The summed E-state index contributed by atoms with van der Waals surface area (Å²) < 4.78 is 36.7. The number of carbonyl (C=O) groups excluding carboxylic acids is 1. The first-order valence-electron chi connectivity index (χ1n) is 8.34. The van der Waals surface area contributed by atoms with Crippen LogP contribution in [0.4, 0.5) is 0 Å². The van der Waals surface area contributed by atoms with Gasteiger partial charge in [0.25, 0.3) is 0 Å². The summed E-state index contributed by atoms with van der Waals surface area (Å²) in [6, 6.07) is 15.8. The van der Waals surface area contributed by atoms with Crippen LogP contribution in [0.25, 0.3) is 0 Å². The fourth-order valence-corrected chi connectivity index (χ4v) is 3.43. The van der Waals surface area contributed by atoms with Crippen LogP contribution in [0.1, 0.15) is 18.4 Å². The number of hydrogen-bond acceptors (Lipinski definition) is 5. The standard InChI is InChI=1S/C19H23NO5S/c1-24-19(21)15-25-17-10-7-9-16(14-17)8-5-6-13-20-26(22,23)18-11-3-2-4-12-18/h2-4,7,9-12,14,20H,5-6,8,13,15H2,1H3. The molecule has 0 aromatic heterocycles. The number of ether oxygens (including phenoxy) is 2. The molecule has 0 saturated carbocycles. The average molecular weight is 377 g/mol. The SMILES string of the molecule is COC(=O)COc1cccc(CCCCNS(=O)(=O)c2ccccc2)c1. The van der Waals surface area contributed by atoms with Crippen LogP contribution in [0.3, 0.4) is 0 Å². The van der Waals surface area contributed by atoms with E-state index in [1.807, 2.05) is 18.2 Å². The fourth-order valence-electron chi connectivity index (χ4n) is 2.34. The van der Waals surface area contributed by atoms with Gasteiger partial charge in [0, 0.05) is 6.54 Å². The maximum Gasteiger partial charge on any atom is 0.343 e. The number of aryl methyl sites for hydroxylation is 1. The molecule has 0 fully saturated rings. The van der Waals surface area contributed by atoms with Gasteiger partial charge in [-0.1, -0.05) is 30.3 Å². The molecule has 0 aliphatic rings. The molecule has 0 heterocycles. The van der Waals surface area contributed by atoms with Crippen LogP contribution in [0.5, 0.6) is 5.75 Å². The Morgan fingerprint density at radius 3 is 2.54 bits per heavy atom. The first-order valence-corrected chi connectivity index (χ1v) is 9.83. The largest absolute Gasteiger partial charge is 0.482 e. The lowest BCUT2D eigenvalue weighted by atomic mass is 10.1. The highest BCUT2D eigenvalue weighted by Crippen LogP contribution is 2.15. The first-order chi connectivity index (χ1) is 12.5. The van der Waals surface area contributed by atoms with Gasteiger partial charge in [-0.25, -0.2) is 17.9 Å². The number of methoxy groups -OCH3 is 1. The second-order valence-corrected chi connectivity index (χ2v) is 7.45. The molecular formula is C19H23NO5S. The Labute approximate surface area is 154 Å². The molecule has 0 unspecified atom stereocenters. The number of benzene rings is 2. The average Bonchev–Trinajstić information content (AvgIpc) is 2.67. The normalized spacial score (nSPS) is 11.1. The van der Waals surface area contributed by atoms with Gasteiger partial charge in [0.15, 0.2) is 6.61 Å². The minimum atomic E-state index is -3.44. The number of sulfonamides is 1. The monoisotopic (exact) mass is 377 g/mol. The Kier molecular flexibility index (Phi) is 7.62. The molecule has 0 amide bonds. The van der Waals surface area contributed by atoms with Gasteiger partial charge in [-0.3, -0.25) is 0 Å². The Bertz CT molecular complexity index is 806. The zero-order valence-electron chi connectivity index (χ0n) is 14.7. The number of hydrogen-bond donors (Lipinski definition) is 1. The van der Waals surface area contributed by atoms with Crippen LogP contribution >= 0.6 is 0 Å². The van der Waals surface area contributed by atoms with E-state index in [1.54, 1.807) is 36.4 Å². The van der Waals surface area contributed by atoms with Crippen LogP contribution in [-0.4, -0.2) is 34.6 Å². The van der Waals surface area contributed by atoms with E-state index in [4.69, 9.17) is 4.74 Å². The van der Waals surface area contributed by atoms with Gasteiger partial charge in [-0.2, -0.15) is 0 Å². The summed E-state index contributed by atoms with van der Waals surface area (Å²) in [7, 11) is -2.13. The lowest BCUT2D eigenvalue weighted by Gasteiger charge is -2.08. The van der Waals surface area contributed by atoms with Crippen LogP contribution in [-0.2, 0) is 26.0 Å². The second kappa shape index (κ2) is 9.94. The van der Waals surface area contributed by atoms with E-state index in [-0.39, 0.29) is 11.5 Å². The molecule has 0 spiro atoms. The Morgan fingerprint density at radius 1 is 1.04 bits per heavy atom. The molecule has 6 nitrogen and oxygen atoms in total. The highest BCUT2D eigenvalue weighted by atomic mass is 32.2. The zero-order chi connectivity index (χ0) is 18.8. The van der Waals surface area contributed by atoms with Crippen molar-refractivity contribution in [2.24, 2.45) is 0 Å². The van der Waals surface area contributed by atoms with E-state index < -0.39 is 16.0 Å². The van der Waals surface area contributed by atoms with Gasteiger partial charge < -0.3 is 9.47 Å². The van der Waals surface area contributed by atoms with E-state index in [0.29, 0.717) is 12.3 Å². The van der Waals surface area contributed by atoms with E-state index >= 15 is 0 Å². The molecule has 2 rings (SSSR count). The van der Waals surface area contributed by atoms with Crippen molar-refractivity contribution in [1.82, 2.24) is 4.72 Å². The van der Waals surface area contributed by atoms with E-state index in [2.05, 4.69) is 9.46 Å². The molecular weight excluding hydrogens is 354 g/mol. The fraction of sp³-hybridized carbons (Fsp3) is 0.316. The molecule has 0 bridgehead atoms. The summed E-state index contributed by atoms with van der Waals surface area (Å²) >= 11 is 0. The molecule has 2 aromatic rings. The maximum absolute atomic E-state index is 12.1. The quantitative estimate of drug-likeness (QED) is 0.508. The van der Waals surface area contributed by atoms with Crippen LogP contribution in [0, 0.1) is 0 Å². The lowest BCUT2D eigenvalue weighted by Crippen LogP contribution is -2.24. The highest BCUT2D eigenvalue weighted by Gasteiger charge is 2.11. The van der Waals surface area contributed by atoms with Crippen LogP contribution in [0.15, 0.2) is 59.5 Å². The number of rotatable bonds is 10. The Hall–Kier alpha value is -2.38. The molecule has 1 N–H and O–H groups in total. The minimum absolute atomic E-state index is 0.124. The van der Waals surface area contributed by atoms with Gasteiger partial charge in [-0.05, 0) is 49.1 Å². The van der Waals surface area contributed by atoms with Gasteiger partial charge >= 0.3 is 5.97 Å². The highest BCUT2D eigenvalue weighted by molar-refractivity contribution is 7.89. The van der Waals surface area contributed by atoms with Gasteiger partial charge in [0.1, 0.15) is 5.75 Å². The Balaban J connectivity index is 1.74. The van der Waals surface area contributed by atoms with E-state index in [0.717, 1.165) is 24.8 Å². The van der Waals surface area contributed by atoms with Crippen LogP contribution < -0.4 is 9.46 Å². The predicted octanol–water partition coefficient (Wildman–Crippen LogP) is 2.54. The molecule has 26 heavy (non-hydrogen) atoms. The molecule has 0 atom stereocenters. The minimum Gasteiger partial charge on any atom is -0.482 e. The third-order valence-electron chi connectivity index (χ3n) is 3.72. The van der Waals surface area contributed by atoms with Crippen molar-refractivity contribution < 1.29 is 22.7 Å². The number of nitrogens with one attached hydrogen (secondary N) is 1. The lowest BCUT2D eigenvalue weighted by molar-refractivity contribution is -0.142. The number of carbonyl (C=O) groups is 1. The Morgan fingerprint density at radius 2 is 1.81 bits per heavy atom. The molecule has 2 aromatic carbocycles. The third-order valence-corrected chi connectivity index (χ3v) is 5.20. The molecule has 0 aliphatic heterocycles. The van der Waals surface area contributed by atoms with E-state index in [9.17, 15) is 13.2 Å². The van der Waals surface area contributed by atoms with Crippen molar-refractivity contribution in [2.75, 3.05) is 20.3 Å². The van der Waals surface area contributed by atoms with Crippen molar-refractivity contribution >= 4 is 16.0 Å². The third kappa shape index (κ3) is 6.50. The van der Waals surface area contributed by atoms with Crippen molar-refractivity contribution in [3.8, 4) is 5.75 Å². The van der Waals surface area contributed by atoms with Crippen molar-refractivity contribution in [2.45, 2.75) is 24.2 Å². The smallest absolute Gasteiger partial charge is 0.343 e. The zero-order valence-corrected chi connectivity index (χ0v) is 15.5. The van der Waals surface area contributed by atoms with Crippen LogP contribution in [0.2, 0.25) is 0 Å². The predicted molar refractivity (Wildman–Crippen MR) is 98.5 cm³/mol. The topological polar surface area (TPSA) is 81.7 Å². The van der Waals surface area contributed by atoms with Gasteiger partial charge in [0.2, 0.25) is 10.0 Å². The van der Waals surface area contributed by atoms with Gasteiger partial charge in [-0.15, -0.1) is 0 Å². The van der Waals surface area contributed by atoms with Crippen molar-refractivity contribution in [1.29, 1.82) is 0 Å². The van der Waals surface area contributed by atoms with E-state index in [1.165, 1.54) is 7.11 Å².